The van der Waals surface area contributed by atoms with Crippen molar-refractivity contribution < 1.29 is 9.53 Å². The molecule has 20 heavy (non-hydrogen) atoms. The van der Waals surface area contributed by atoms with E-state index in [2.05, 4.69) is 29.1 Å². The van der Waals surface area contributed by atoms with Crippen LogP contribution in [0.15, 0.2) is 5.38 Å². The minimum absolute atomic E-state index is 0.156. The van der Waals surface area contributed by atoms with E-state index in [4.69, 9.17) is 4.74 Å². The summed E-state index contributed by atoms with van der Waals surface area (Å²) in [5.41, 5.74) is 1.08. The molecule has 112 valence electrons. The number of esters is 1. The summed E-state index contributed by atoms with van der Waals surface area (Å²) in [6.45, 7) is 5.44. The van der Waals surface area contributed by atoms with Gasteiger partial charge < -0.3 is 4.74 Å². The minimum Gasteiger partial charge on any atom is -0.468 e. The van der Waals surface area contributed by atoms with Gasteiger partial charge in [-0.05, 0) is 12.8 Å². The highest BCUT2D eigenvalue weighted by Gasteiger charge is 2.25. The molecule has 1 aromatic heterocycles. The van der Waals surface area contributed by atoms with Crippen LogP contribution in [0.3, 0.4) is 0 Å². The number of carbonyl (C=O) groups is 1. The molecule has 4 nitrogen and oxygen atoms in total. The largest absolute Gasteiger partial charge is 0.468 e. The van der Waals surface area contributed by atoms with E-state index in [1.54, 1.807) is 11.3 Å². The fourth-order valence-corrected chi connectivity index (χ4v) is 3.51. The summed E-state index contributed by atoms with van der Waals surface area (Å²) in [7, 11) is 1.45. The van der Waals surface area contributed by atoms with Crippen molar-refractivity contribution in [1.82, 2.24) is 9.88 Å². The number of nitrogens with zero attached hydrogens (tertiary/aromatic N) is 2. The average molecular weight is 296 g/mol. The SMILES string of the molecule is COC(=O)CN(Cc1csc(C(C)C)n1)C1CCCC1. The maximum absolute atomic E-state index is 11.6. The maximum Gasteiger partial charge on any atom is 0.319 e. The van der Waals surface area contributed by atoms with Gasteiger partial charge in [-0.2, -0.15) is 0 Å². The van der Waals surface area contributed by atoms with Gasteiger partial charge in [0.15, 0.2) is 0 Å². The van der Waals surface area contributed by atoms with Gasteiger partial charge in [0.25, 0.3) is 0 Å². The second-order valence-electron chi connectivity index (χ2n) is 5.75. The summed E-state index contributed by atoms with van der Waals surface area (Å²) in [5, 5.41) is 3.29. The van der Waals surface area contributed by atoms with Crippen LogP contribution in [0.4, 0.5) is 0 Å². The number of carbonyl (C=O) groups excluding carboxylic acids is 1. The summed E-state index contributed by atoms with van der Waals surface area (Å²) < 4.78 is 4.82. The number of ether oxygens (including phenoxy) is 1. The molecule has 0 unspecified atom stereocenters. The van der Waals surface area contributed by atoms with Crippen LogP contribution in [0.1, 0.15) is 56.2 Å². The van der Waals surface area contributed by atoms with Crippen molar-refractivity contribution in [2.45, 2.75) is 58.0 Å². The van der Waals surface area contributed by atoms with E-state index in [0.29, 0.717) is 18.5 Å². The Labute approximate surface area is 125 Å². The van der Waals surface area contributed by atoms with Crippen molar-refractivity contribution in [3.05, 3.63) is 16.1 Å². The standard InChI is InChI=1S/C15H24N2O2S/c1-11(2)15-16-12(10-20-15)8-17(9-14(18)19-3)13-6-4-5-7-13/h10-11,13H,4-9H2,1-3H3. The Bertz CT molecular complexity index is 439. The molecule has 5 heteroatoms. The van der Waals surface area contributed by atoms with Crippen molar-refractivity contribution >= 4 is 17.3 Å². The number of hydrogen-bond acceptors (Lipinski definition) is 5. The van der Waals surface area contributed by atoms with Crippen LogP contribution in [0, 0.1) is 0 Å². The fourth-order valence-electron chi connectivity index (χ4n) is 2.68. The minimum atomic E-state index is -0.156. The van der Waals surface area contributed by atoms with E-state index < -0.39 is 0 Å². The van der Waals surface area contributed by atoms with Crippen molar-refractivity contribution in [3.8, 4) is 0 Å². The van der Waals surface area contributed by atoms with E-state index in [1.807, 2.05) is 0 Å². The molecule has 0 aromatic carbocycles. The Hall–Kier alpha value is -0.940. The van der Waals surface area contributed by atoms with Gasteiger partial charge in [-0.25, -0.2) is 4.98 Å². The first-order valence-corrected chi connectivity index (χ1v) is 8.23. The zero-order valence-electron chi connectivity index (χ0n) is 12.6. The van der Waals surface area contributed by atoms with Gasteiger partial charge in [-0.15, -0.1) is 11.3 Å². The van der Waals surface area contributed by atoms with Gasteiger partial charge >= 0.3 is 5.97 Å². The third-order valence-corrected chi connectivity index (χ3v) is 5.02. The van der Waals surface area contributed by atoms with Crippen LogP contribution in [0.5, 0.6) is 0 Å². The molecule has 0 saturated heterocycles. The molecule has 0 bridgehead atoms. The lowest BCUT2D eigenvalue weighted by atomic mass is 10.2. The van der Waals surface area contributed by atoms with Crippen molar-refractivity contribution in [2.75, 3.05) is 13.7 Å². The molecule has 2 rings (SSSR count). The van der Waals surface area contributed by atoms with E-state index >= 15 is 0 Å². The second-order valence-corrected chi connectivity index (χ2v) is 6.64. The molecule has 1 saturated carbocycles. The van der Waals surface area contributed by atoms with Crippen LogP contribution >= 0.6 is 11.3 Å². The summed E-state index contributed by atoms with van der Waals surface area (Å²) in [5.74, 6) is 0.311. The predicted molar refractivity (Wildman–Crippen MR) is 80.9 cm³/mol. The highest BCUT2D eigenvalue weighted by molar-refractivity contribution is 7.09. The third-order valence-electron chi connectivity index (χ3n) is 3.83. The van der Waals surface area contributed by atoms with Crippen molar-refractivity contribution in [3.63, 3.8) is 0 Å². The monoisotopic (exact) mass is 296 g/mol. The Kier molecular flexibility index (Phi) is 5.54. The van der Waals surface area contributed by atoms with Gasteiger partial charge in [-0.3, -0.25) is 9.69 Å². The maximum atomic E-state index is 11.6. The Morgan fingerprint density at radius 2 is 2.20 bits per heavy atom. The van der Waals surface area contributed by atoms with E-state index in [9.17, 15) is 4.79 Å². The Balaban J connectivity index is 2.03. The summed E-state index contributed by atoms with van der Waals surface area (Å²) >= 11 is 1.71. The normalized spacial score (nSPS) is 16.2. The first-order chi connectivity index (χ1) is 9.60. The van der Waals surface area contributed by atoms with Crippen LogP contribution in [-0.2, 0) is 16.1 Å². The van der Waals surface area contributed by atoms with Gasteiger partial charge in [0.1, 0.15) is 0 Å². The van der Waals surface area contributed by atoms with Crippen molar-refractivity contribution in [2.24, 2.45) is 0 Å². The Morgan fingerprint density at radius 1 is 1.50 bits per heavy atom. The van der Waals surface area contributed by atoms with Gasteiger partial charge in [0.05, 0.1) is 24.4 Å². The average Bonchev–Trinajstić information content (AvgIpc) is 3.08. The van der Waals surface area contributed by atoms with Gasteiger partial charge in [0, 0.05) is 23.9 Å². The first kappa shape index (κ1) is 15.4. The van der Waals surface area contributed by atoms with E-state index in [1.165, 1.54) is 37.8 Å². The second kappa shape index (κ2) is 7.18. The fraction of sp³-hybridized carbons (Fsp3) is 0.733. The molecule has 0 spiro atoms. The predicted octanol–water partition coefficient (Wildman–Crippen LogP) is 3.18. The molecule has 0 atom stereocenters. The summed E-state index contributed by atoms with van der Waals surface area (Å²) in [4.78, 5) is 18.5. The van der Waals surface area contributed by atoms with Crippen LogP contribution < -0.4 is 0 Å². The molecule has 1 aromatic rings. The molecule has 0 aliphatic heterocycles. The van der Waals surface area contributed by atoms with Gasteiger partial charge in [0.2, 0.25) is 0 Å². The molecular weight excluding hydrogens is 272 g/mol. The Morgan fingerprint density at radius 3 is 2.75 bits per heavy atom. The number of thiazole rings is 1. The zero-order chi connectivity index (χ0) is 14.5. The molecule has 1 aliphatic carbocycles. The molecule has 0 N–H and O–H groups in total. The van der Waals surface area contributed by atoms with Crippen LogP contribution in [-0.4, -0.2) is 35.5 Å². The molecule has 1 heterocycles. The zero-order valence-corrected chi connectivity index (χ0v) is 13.4. The number of rotatable bonds is 6. The molecule has 1 aliphatic rings. The van der Waals surface area contributed by atoms with Gasteiger partial charge in [-0.1, -0.05) is 26.7 Å². The topological polar surface area (TPSA) is 42.4 Å². The first-order valence-electron chi connectivity index (χ1n) is 7.35. The third kappa shape index (κ3) is 4.03. The number of methoxy groups -OCH3 is 1. The highest BCUT2D eigenvalue weighted by atomic mass is 32.1. The van der Waals surface area contributed by atoms with Crippen molar-refractivity contribution in [1.29, 1.82) is 0 Å². The van der Waals surface area contributed by atoms with E-state index in [0.717, 1.165) is 12.2 Å². The highest BCUT2D eigenvalue weighted by Crippen LogP contribution is 2.26. The lowest BCUT2D eigenvalue weighted by Crippen LogP contribution is -2.37. The molecule has 0 amide bonds. The summed E-state index contributed by atoms with van der Waals surface area (Å²) in [6, 6.07) is 0.498. The summed E-state index contributed by atoms with van der Waals surface area (Å²) in [6.07, 6.45) is 4.88. The quantitative estimate of drug-likeness (QED) is 0.756. The van der Waals surface area contributed by atoms with Crippen LogP contribution in [0.2, 0.25) is 0 Å². The smallest absolute Gasteiger partial charge is 0.319 e. The molecule has 1 fully saturated rings. The lowest BCUT2D eigenvalue weighted by Gasteiger charge is -2.26. The molecular formula is C15H24N2O2S. The lowest BCUT2D eigenvalue weighted by molar-refractivity contribution is -0.142. The number of hydrogen-bond donors (Lipinski definition) is 0. The van der Waals surface area contributed by atoms with Crippen LogP contribution in [0.25, 0.3) is 0 Å². The van der Waals surface area contributed by atoms with E-state index in [-0.39, 0.29) is 5.97 Å². The molecule has 0 radical (unpaired) electrons. The number of aromatic nitrogens is 1.